The van der Waals surface area contributed by atoms with Crippen molar-refractivity contribution in [1.82, 2.24) is 15.4 Å². The van der Waals surface area contributed by atoms with E-state index in [9.17, 15) is 13.2 Å². The van der Waals surface area contributed by atoms with Crippen molar-refractivity contribution in [1.29, 1.82) is 0 Å². The first-order valence-corrected chi connectivity index (χ1v) is 11.1. The topological polar surface area (TPSA) is 133 Å². The number of carbonyl (C=O) groups excluding carboxylic acids is 1. The zero-order valence-corrected chi connectivity index (χ0v) is 18.2. The Kier molecular flexibility index (Phi) is 6.74. The van der Waals surface area contributed by atoms with Gasteiger partial charge in [0, 0.05) is 11.3 Å². The van der Waals surface area contributed by atoms with Crippen LogP contribution < -0.4 is 16.1 Å². The van der Waals surface area contributed by atoms with Crippen molar-refractivity contribution < 1.29 is 18.4 Å². The third kappa shape index (κ3) is 5.10. The maximum Gasteiger partial charge on any atom is 0.274 e. The number of rotatable bonds is 7. The smallest absolute Gasteiger partial charge is 0.274 e. The summed E-state index contributed by atoms with van der Waals surface area (Å²) in [6.45, 7) is 3.22. The molecule has 0 aliphatic heterocycles. The largest absolute Gasteiger partial charge is 0.338 e. The molecule has 0 fully saturated rings. The minimum atomic E-state index is -3.53. The Morgan fingerprint density at radius 1 is 1.06 bits per heavy atom. The monoisotopic (exact) mass is 461 g/mol. The summed E-state index contributed by atoms with van der Waals surface area (Å²) in [5.41, 5.74) is 2.77. The second kappa shape index (κ2) is 9.29. The molecule has 1 aromatic heterocycles. The van der Waals surface area contributed by atoms with Gasteiger partial charge < -0.3 is 10.6 Å². The second-order valence-corrected chi connectivity index (χ2v) is 9.63. The minimum Gasteiger partial charge on any atom is -0.338 e. The van der Waals surface area contributed by atoms with E-state index < -0.39 is 21.0 Å². The Morgan fingerprint density at radius 3 is 2.39 bits per heavy atom. The quantitative estimate of drug-likeness (QED) is 0.307. The number of nitrogens with zero attached hydrogens (tertiary/aromatic N) is 2. The van der Waals surface area contributed by atoms with E-state index in [0.717, 1.165) is 0 Å². The van der Waals surface area contributed by atoms with Crippen LogP contribution in [-0.4, -0.2) is 34.8 Å². The maximum atomic E-state index is 12.7. The van der Waals surface area contributed by atoms with Crippen LogP contribution >= 0.6 is 11.6 Å². The molecule has 3 rings (SSSR count). The van der Waals surface area contributed by atoms with Crippen LogP contribution in [0.3, 0.4) is 0 Å². The number of amides is 1. The van der Waals surface area contributed by atoms with E-state index in [1.54, 1.807) is 49.7 Å². The van der Waals surface area contributed by atoms with E-state index in [2.05, 4.69) is 20.6 Å². The number of nitrogens with one attached hydrogen (secondary N) is 3. The lowest BCUT2D eigenvalue weighted by Gasteiger charge is -2.15. The van der Waals surface area contributed by atoms with Crippen molar-refractivity contribution in [3.05, 3.63) is 65.3 Å². The van der Waals surface area contributed by atoms with Gasteiger partial charge in [-0.25, -0.2) is 18.9 Å². The molecule has 0 aliphatic carbocycles. The summed E-state index contributed by atoms with van der Waals surface area (Å²) < 4.78 is 25.3. The molecule has 3 aromatic rings. The predicted molar refractivity (Wildman–Crippen MR) is 118 cm³/mol. The van der Waals surface area contributed by atoms with Gasteiger partial charge in [0.1, 0.15) is 5.02 Å². The molecular formula is C20H20ClN5O4S. The third-order valence-corrected chi connectivity index (χ3v) is 6.80. The maximum absolute atomic E-state index is 12.7. The lowest BCUT2D eigenvalue weighted by molar-refractivity contribution is 0.0706. The Morgan fingerprint density at radius 2 is 1.74 bits per heavy atom. The molecule has 11 heteroatoms. The van der Waals surface area contributed by atoms with Crippen LogP contribution in [0.15, 0.2) is 59.6 Å². The summed E-state index contributed by atoms with van der Waals surface area (Å²) in [6.07, 6.45) is 1.38. The molecular weight excluding hydrogens is 442 g/mol. The number of benzene rings is 2. The van der Waals surface area contributed by atoms with E-state index in [0.29, 0.717) is 11.4 Å². The molecule has 0 atom stereocenters. The van der Waals surface area contributed by atoms with Crippen LogP contribution in [0.5, 0.6) is 0 Å². The number of aromatic nitrogens is 2. The lowest BCUT2D eigenvalue weighted by Crippen LogP contribution is -2.18. The van der Waals surface area contributed by atoms with Crippen LogP contribution in [0, 0.1) is 0 Å². The Labute approximate surface area is 184 Å². The van der Waals surface area contributed by atoms with Crippen molar-refractivity contribution >= 4 is 50.5 Å². The first-order valence-electron chi connectivity index (χ1n) is 9.16. The molecule has 0 saturated heterocycles. The fourth-order valence-electron chi connectivity index (χ4n) is 2.61. The van der Waals surface area contributed by atoms with E-state index >= 15 is 0 Å². The normalized spacial score (nSPS) is 11.3. The first-order chi connectivity index (χ1) is 14.7. The number of para-hydroxylation sites is 1. The molecule has 2 aromatic carbocycles. The Balaban J connectivity index is 1.87. The number of hydroxylamine groups is 1. The Bertz CT molecular complexity index is 1200. The van der Waals surface area contributed by atoms with Gasteiger partial charge in [0.25, 0.3) is 5.91 Å². The average Bonchev–Trinajstić information content (AvgIpc) is 2.76. The van der Waals surface area contributed by atoms with Gasteiger partial charge >= 0.3 is 0 Å². The van der Waals surface area contributed by atoms with Gasteiger partial charge in [0.05, 0.1) is 22.0 Å². The molecule has 4 N–H and O–H groups in total. The summed E-state index contributed by atoms with van der Waals surface area (Å²) >= 11 is 6.22. The molecule has 0 spiro atoms. The van der Waals surface area contributed by atoms with Crippen molar-refractivity contribution in [2.24, 2.45) is 0 Å². The van der Waals surface area contributed by atoms with Crippen LogP contribution in [0.4, 0.5) is 23.1 Å². The number of anilines is 4. The third-order valence-electron chi connectivity index (χ3n) is 4.32. The number of hydrogen-bond acceptors (Lipinski definition) is 8. The minimum absolute atomic E-state index is 0.145. The fourth-order valence-corrected chi connectivity index (χ4v) is 3.95. The summed E-state index contributed by atoms with van der Waals surface area (Å²) in [5, 5.41) is 14.2. The number of carbonyl (C=O) groups is 1. The van der Waals surface area contributed by atoms with Crippen LogP contribution in [0.25, 0.3) is 0 Å². The molecule has 0 radical (unpaired) electrons. The van der Waals surface area contributed by atoms with Gasteiger partial charge in [-0.2, -0.15) is 4.98 Å². The number of hydrogen-bond donors (Lipinski definition) is 4. The van der Waals surface area contributed by atoms with Gasteiger partial charge in [-0.3, -0.25) is 10.0 Å². The summed E-state index contributed by atoms with van der Waals surface area (Å²) in [6, 6.07) is 12.8. The van der Waals surface area contributed by atoms with Gasteiger partial charge in [-0.1, -0.05) is 23.7 Å². The lowest BCUT2D eigenvalue weighted by atomic mass is 10.2. The highest BCUT2D eigenvalue weighted by molar-refractivity contribution is 7.92. The highest BCUT2D eigenvalue weighted by Crippen LogP contribution is 2.30. The highest BCUT2D eigenvalue weighted by atomic mass is 35.5. The van der Waals surface area contributed by atoms with E-state index in [1.165, 1.54) is 24.4 Å². The standard InChI is InChI=1S/C20H20ClN5O4S/c1-12(2)31(29,30)17-6-4-3-5-16(17)24-18-15(21)11-22-20(25-18)23-14-9-7-13(8-10-14)19(27)26-28/h3-12,28H,1-2H3,(H,26,27)(H2,22,23,24,25). The van der Waals surface area contributed by atoms with E-state index in [-0.39, 0.29) is 27.2 Å². The van der Waals surface area contributed by atoms with Crippen molar-refractivity contribution in [3.8, 4) is 0 Å². The summed E-state index contributed by atoms with van der Waals surface area (Å²) in [5.74, 6) is -0.201. The van der Waals surface area contributed by atoms with Crippen LogP contribution in [-0.2, 0) is 9.84 Å². The molecule has 0 saturated carbocycles. The molecule has 1 heterocycles. The SMILES string of the molecule is CC(C)S(=O)(=O)c1ccccc1Nc1nc(Nc2ccc(C(=O)NO)cc2)ncc1Cl. The van der Waals surface area contributed by atoms with Crippen LogP contribution in [0.2, 0.25) is 5.02 Å². The molecule has 9 nitrogen and oxygen atoms in total. The highest BCUT2D eigenvalue weighted by Gasteiger charge is 2.23. The van der Waals surface area contributed by atoms with Crippen molar-refractivity contribution in [2.75, 3.05) is 10.6 Å². The molecule has 0 bridgehead atoms. The molecule has 1 amide bonds. The zero-order chi connectivity index (χ0) is 22.6. The molecule has 0 aliphatic rings. The van der Waals surface area contributed by atoms with Crippen molar-refractivity contribution in [2.45, 2.75) is 24.0 Å². The van der Waals surface area contributed by atoms with Crippen molar-refractivity contribution in [3.63, 3.8) is 0 Å². The summed E-state index contributed by atoms with van der Waals surface area (Å²) in [7, 11) is -3.53. The number of halogens is 1. The van der Waals surface area contributed by atoms with Gasteiger partial charge in [-0.05, 0) is 50.2 Å². The zero-order valence-electron chi connectivity index (χ0n) is 16.6. The van der Waals surface area contributed by atoms with E-state index in [1.807, 2.05) is 0 Å². The first kappa shape index (κ1) is 22.5. The Hall–Kier alpha value is -3.21. The van der Waals surface area contributed by atoms with Crippen LogP contribution in [0.1, 0.15) is 24.2 Å². The average molecular weight is 462 g/mol. The number of sulfone groups is 1. The molecule has 162 valence electrons. The van der Waals surface area contributed by atoms with Gasteiger partial charge in [-0.15, -0.1) is 0 Å². The van der Waals surface area contributed by atoms with Gasteiger partial charge in [0.15, 0.2) is 15.7 Å². The second-order valence-electron chi connectivity index (χ2n) is 6.75. The van der Waals surface area contributed by atoms with E-state index in [4.69, 9.17) is 16.8 Å². The molecule has 31 heavy (non-hydrogen) atoms. The molecule has 0 unspecified atom stereocenters. The fraction of sp³-hybridized carbons (Fsp3) is 0.150. The van der Waals surface area contributed by atoms with Gasteiger partial charge in [0.2, 0.25) is 5.95 Å². The summed E-state index contributed by atoms with van der Waals surface area (Å²) in [4.78, 5) is 20.0. The predicted octanol–water partition coefficient (Wildman–Crippen LogP) is 3.92.